The molecular weight excluding hydrogens is 228 g/mol. The van der Waals surface area contributed by atoms with E-state index in [-0.39, 0.29) is 11.6 Å². The average molecular weight is 238 g/mol. The number of hydrogen-bond donors (Lipinski definition) is 0. The van der Waals surface area contributed by atoms with Gasteiger partial charge in [-0.1, -0.05) is 0 Å². The van der Waals surface area contributed by atoms with Crippen LogP contribution in [0.3, 0.4) is 0 Å². The molecule has 0 amide bonds. The van der Waals surface area contributed by atoms with Crippen LogP contribution in [0.5, 0.6) is 0 Å². The zero-order valence-corrected chi connectivity index (χ0v) is 9.48. The monoisotopic (exact) mass is 238 g/mol. The molecule has 4 nitrogen and oxygen atoms in total. The number of carbonyl (C=O) groups excluding carboxylic acids is 2. The summed E-state index contributed by atoms with van der Waals surface area (Å²) in [5.41, 5.74) is 1.01. The highest BCUT2D eigenvalue weighted by Gasteiger charge is 2.03. The molecule has 0 saturated heterocycles. The van der Waals surface area contributed by atoms with Gasteiger partial charge in [0.25, 0.3) is 0 Å². The molecule has 4 heteroatoms. The first-order valence-corrected chi connectivity index (χ1v) is 5.34. The fourth-order valence-electron chi connectivity index (χ4n) is 1.38. The van der Waals surface area contributed by atoms with Gasteiger partial charge < -0.3 is 0 Å². The van der Waals surface area contributed by atoms with E-state index in [9.17, 15) is 9.59 Å². The van der Waals surface area contributed by atoms with Crippen molar-refractivity contribution in [1.29, 1.82) is 0 Å². The van der Waals surface area contributed by atoms with Gasteiger partial charge in [0.15, 0.2) is 11.6 Å². The highest BCUT2D eigenvalue weighted by atomic mass is 16.1. The zero-order chi connectivity index (χ0) is 12.8. The molecule has 2 aromatic heterocycles. The lowest BCUT2D eigenvalue weighted by Gasteiger charge is -1.95. The number of rotatable bonds is 4. The molecule has 0 unspecified atom stereocenters. The summed E-state index contributed by atoms with van der Waals surface area (Å²) in [7, 11) is 0. The maximum absolute atomic E-state index is 11.7. The summed E-state index contributed by atoms with van der Waals surface area (Å²) in [5, 5.41) is 0. The Labute approximate surface area is 104 Å². The molecule has 2 rings (SSSR count). The standard InChI is InChI=1S/C14H10N2O2/c17-13(11-3-7-15-8-4-11)1-2-14(18)12-5-9-16-10-6-12/h1-10H/b2-1+. The molecule has 2 heterocycles. The fourth-order valence-corrected chi connectivity index (χ4v) is 1.38. The molecule has 0 N–H and O–H groups in total. The largest absolute Gasteiger partial charge is 0.289 e. The molecule has 18 heavy (non-hydrogen) atoms. The van der Waals surface area contributed by atoms with E-state index in [1.807, 2.05) is 0 Å². The lowest BCUT2D eigenvalue weighted by molar-refractivity contribution is 0.102. The Morgan fingerprint density at radius 3 is 1.39 bits per heavy atom. The molecule has 88 valence electrons. The molecule has 0 bridgehead atoms. The maximum atomic E-state index is 11.7. The van der Waals surface area contributed by atoms with Gasteiger partial charge in [-0.15, -0.1) is 0 Å². The number of allylic oxidation sites excluding steroid dienone is 2. The highest BCUT2D eigenvalue weighted by Crippen LogP contribution is 2.02. The Kier molecular flexibility index (Phi) is 3.71. The maximum Gasteiger partial charge on any atom is 0.186 e. The van der Waals surface area contributed by atoms with Crippen LogP contribution >= 0.6 is 0 Å². The van der Waals surface area contributed by atoms with Crippen LogP contribution in [0.1, 0.15) is 20.7 Å². The van der Waals surface area contributed by atoms with Crippen LogP contribution in [0.4, 0.5) is 0 Å². The van der Waals surface area contributed by atoms with Gasteiger partial charge in [0, 0.05) is 35.9 Å². The van der Waals surface area contributed by atoms with Crippen molar-refractivity contribution in [3.05, 3.63) is 72.3 Å². The van der Waals surface area contributed by atoms with Crippen molar-refractivity contribution in [2.75, 3.05) is 0 Å². The van der Waals surface area contributed by atoms with E-state index in [1.54, 1.807) is 24.3 Å². The molecule has 0 aromatic carbocycles. The second kappa shape index (κ2) is 5.63. The van der Waals surface area contributed by atoms with Gasteiger partial charge in [-0.2, -0.15) is 0 Å². The van der Waals surface area contributed by atoms with Crippen molar-refractivity contribution in [2.45, 2.75) is 0 Å². The third kappa shape index (κ3) is 2.95. The van der Waals surface area contributed by atoms with Gasteiger partial charge in [0.2, 0.25) is 0 Å². The number of ketones is 2. The lowest BCUT2D eigenvalue weighted by atomic mass is 10.1. The molecule has 2 aromatic rings. The molecule has 0 aliphatic heterocycles. The van der Waals surface area contributed by atoms with Crippen molar-refractivity contribution < 1.29 is 9.59 Å². The third-order valence-corrected chi connectivity index (χ3v) is 2.32. The van der Waals surface area contributed by atoms with Crippen molar-refractivity contribution >= 4 is 11.6 Å². The summed E-state index contributed by atoms with van der Waals surface area (Å²) >= 11 is 0. The summed E-state index contributed by atoms with van der Waals surface area (Å²) < 4.78 is 0. The number of hydrogen-bond acceptors (Lipinski definition) is 4. The molecule has 0 radical (unpaired) electrons. The quantitative estimate of drug-likeness (QED) is 0.604. The summed E-state index contributed by atoms with van der Waals surface area (Å²) in [6.45, 7) is 0. The van der Waals surface area contributed by atoms with Crippen LogP contribution < -0.4 is 0 Å². The van der Waals surface area contributed by atoms with E-state index in [1.165, 1.54) is 36.9 Å². The minimum atomic E-state index is -0.222. The van der Waals surface area contributed by atoms with Crippen molar-refractivity contribution in [1.82, 2.24) is 9.97 Å². The van der Waals surface area contributed by atoms with E-state index < -0.39 is 0 Å². The Balaban J connectivity index is 2.08. The molecular formula is C14H10N2O2. The Morgan fingerprint density at radius 2 is 1.06 bits per heavy atom. The lowest BCUT2D eigenvalue weighted by Crippen LogP contribution is -1.98. The van der Waals surface area contributed by atoms with E-state index in [2.05, 4.69) is 9.97 Å². The minimum Gasteiger partial charge on any atom is -0.289 e. The van der Waals surface area contributed by atoms with Gasteiger partial charge >= 0.3 is 0 Å². The molecule has 0 saturated carbocycles. The smallest absolute Gasteiger partial charge is 0.186 e. The van der Waals surface area contributed by atoms with Crippen LogP contribution in [0, 0.1) is 0 Å². The van der Waals surface area contributed by atoms with Gasteiger partial charge in [-0.3, -0.25) is 19.6 Å². The predicted molar refractivity (Wildman–Crippen MR) is 66.3 cm³/mol. The van der Waals surface area contributed by atoms with E-state index in [4.69, 9.17) is 0 Å². The number of carbonyl (C=O) groups is 2. The van der Waals surface area contributed by atoms with Gasteiger partial charge in [-0.05, 0) is 36.4 Å². The second-order valence-electron chi connectivity index (χ2n) is 3.53. The molecule has 0 spiro atoms. The zero-order valence-electron chi connectivity index (χ0n) is 9.48. The summed E-state index contributed by atoms with van der Waals surface area (Å²) in [5.74, 6) is -0.445. The first-order chi connectivity index (χ1) is 8.77. The molecule has 0 fully saturated rings. The number of aromatic nitrogens is 2. The van der Waals surface area contributed by atoms with Crippen molar-refractivity contribution in [3.8, 4) is 0 Å². The fraction of sp³-hybridized carbons (Fsp3) is 0. The minimum absolute atomic E-state index is 0.222. The van der Waals surface area contributed by atoms with Gasteiger partial charge in [-0.25, -0.2) is 0 Å². The molecule has 0 atom stereocenters. The van der Waals surface area contributed by atoms with Crippen LogP contribution in [0.15, 0.2) is 61.2 Å². The molecule has 0 aliphatic carbocycles. The Hall–Kier alpha value is -2.62. The van der Waals surface area contributed by atoms with Crippen LogP contribution in [-0.4, -0.2) is 21.5 Å². The summed E-state index contributed by atoms with van der Waals surface area (Å²) in [4.78, 5) is 31.0. The number of pyridine rings is 2. The van der Waals surface area contributed by atoms with Crippen molar-refractivity contribution in [2.24, 2.45) is 0 Å². The Bertz CT molecular complexity index is 524. The van der Waals surface area contributed by atoms with Crippen LogP contribution in [0.25, 0.3) is 0 Å². The average Bonchev–Trinajstić information content (AvgIpc) is 2.46. The first kappa shape index (κ1) is 11.9. The molecule has 0 aliphatic rings. The normalized spacial score (nSPS) is 10.4. The highest BCUT2D eigenvalue weighted by molar-refractivity contribution is 6.11. The van der Waals surface area contributed by atoms with E-state index in [0.29, 0.717) is 11.1 Å². The van der Waals surface area contributed by atoms with Crippen LogP contribution in [0.2, 0.25) is 0 Å². The van der Waals surface area contributed by atoms with Crippen molar-refractivity contribution in [3.63, 3.8) is 0 Å². The van der Waals surface area contributed by atoms with Gasteiger partial charge in [0.1, 0.15) is 0 Å². The van der Waals surface area contributed by atoms with E-state index >= 15 is 0 Å². The second-order valence-corrected chi connectivity index (χ2v) is 3.53. The van der Waals surface area contributed by atoms with Crippen LogP contribution in [-0.2, 0) is 0 Å². The SMILES string of the molecule is O=C(/C=C/C(=O)c1ccncc1)c1ccncc1. The third-order valence-electron chi connectivity index (χ3n) is 2.32. The summed E-state index contributed by atoms with van der Waals surface area (Å²) in [6, 6.07) is 6.40. The first-order valence-electron chi connectivity index (χ1n) is 5.34. The number of nitrogens with zero attached hydrogens (tertiary/aromatic N) is 2. The Morgan fingerprint density at radius 1 is 0.722 bits per heavy atom. The summed E-state index contributed by atoms with van der Waals surface area (Å²) in [6.07, 6.45) is 8.66. The predicted octanol–water partition coefficient (Wildman–Crippen LogP) is 2.10. The van der Waals surface area contributed by atoms with E-state index in [0.717, 1.165) is 0 Å². The topological polar surface area (TPSA) is 59.9 Å². The van der Waals surface area contributed by atoms with Gasteiger partial charge in [0.05, 0.1) is 0 Å².